The van der Waals surface area contributed by atoms with Gasteiger partial charge in [-0.2, -0.15) is 0 Å². The molecule has 0 atom stereocenters. The minimum atomic E-state index is -0.955. The fourth-order valence-electron chi connectivity index (χ4n) is 1.36. The van der Waals surface area contributed by atoms with Crippen LogP contribution in [0.15, 0.2) is 18.3 Å². The first kappa shape index (κ1) is 14.6. The van der Waals surface area contributed by atoms with Gasteiger partial charge in [-0.05, 0) is 18.3 Å². The number of esters is 1. The van der Waals surface area contributed by atoms with E-state index in [1.165, 1.54) is 6.08 Å². The summed E-state index contributed by atoms with van der Waals surface area (Å²) in [6.07, 6.45) is 2.93. The number of nitrogens with zero attached hydrogens (tertiary/aromatic N) is 2. The lowest BCUT2D eigenvalue weighted by molar-refractivity contribution is -0.385. The van der Waals surface area contributed by atoms with Crippen molar-refractivity contribution < 1.29 is 18.8 Å². The number of nitro benzene ring substituents is 1. The molecule has 1 aromatic carbocycles. The third-order valence-electron chi connectivity index (χ3n) is 2.27. The summed E-state index contributed by atoms with van der Waals surface area (Å²) >= 11 is 0. The predicted octanol–water partition coefficient (Wildman–Crippen LogP) is 2.05. The Hall–Kier alpha value is -2.44. The highest BCUT2D eigenvalue weighted by Gasteiger charge is 2.21. The third-order valence-corrected chi connectivity index (χ3v) is 2.27. The van der Waals surface area contributed by atoms with Crippen molar-refractivity contribution in [3.05, 3.63) is 45.4 Å². The van der Waals surface area contributed by atoms with Gasteiger partial charge in [0, 0.05) is 20.2 Å². The molecule has 0 saturated carbocycles. The number of rotatable bonds is 4. The number of benzene rings is 1. The number of ether oxygens (including phenoxy) is 1. The van der Waals surface area contributed by atoms with Gasteiger partial charge in [-0.3, -0.25) is 10.1 Å². The van der Waals surface area contributed by atoms with Crippen LogP contribution in [0.2, 0.25) is 0 Å². The van der Waals surface area contributed by atoms with Gasteiger partial charge in [0.15, 0.2) is 0 Å². The Bertz CT molecular complexity index is 541. The summed E-state index contributed by atoms with van der Waals surface area (Å²) in [5.74, 6) is -1.82. The zero-order valence-electron chi connectivity index (χ0n) is 10.7. The molecule has 6 nitrogen and oxygen atoms in total. The molecule has 0 spiro atoms. The zero-order valence-corrected chi connectivity index (χ0v) is 10.7. The smallest absolute Gasteiger partial charge is 0.341 e. The Balaban J connectivity index is 3.37. The highest BCUT2D eigenvalue weighted by molar-refractivity contribution is 5.91. The van der Waals surface area contributed by atoms with Crippen LogP contribution in [0.1, 0.15) is 15.9 Å². The van der Waals surface area contributed by atoms with Crippen molar-refractivity contribution in [3.8, 4) is 0 Å². The second-order valence-electron chi connectivity index (χ2n) is 3.92. The van der Waals surface area contributed by atoms with Crippen LogP contribution in [0.3, 0.4) is 0 Å². The van der Waals surface area contributed by atoms with Crippen molar-refractivity contribution in [3.63, 3.8) is 0 Å². The Labute approximate surface area is 109 Å². The van der Waals surface area contributed by atoms with Gasteiger partial charge in [0.1, 0.15) is 11.4 Å². The van der Waals surface area contributed by atoms with Crippen LogP contribution in [-0.4, -0.2) is 37.0 Å². The molecule has 0 radical (unpaired) electrons. The van der Waals surface area contributed by atoms with Crippen molar-refractivity contribution in [2.24, 2.45) is 0 Å². The van der Waals surface area contributed by atoms with E-state index in [2.05, 4.69) is 4.74 Å². The number of hydrogen-bond acceptors (Lipinski definition) is 5. The number of carbonyl (C=O) groups is 1. The second kappa shape index (κ2) is 5.94. The molecule has 0 aliphatic carbocycles. The number of nitro groups is 1. The van der Waals surface area contributed by atoms with Crippen molar-refractivity contribution in [1.29, 1.82) is 0 Å². The SMILES string of the molecule is COC(=O)c1cc([N+](=O)[O-])c(/C=C/N(C)C)cc1F. The molecule has 1 aromatic rings. The molecule has 7 heteroatoms. The standard InChI is InChI=1S/C12H13FN2O4/c1-14(2)5-4-8-6-10(13)9(12(16)19-3)7-11(8)15(17)18/h4-7H,1-3H3/b5-4+. The Morgan fingerprint density at radius 2 is 2.11 bits per heavy atom. The zero-order chi connectivity index (χ0) is 14.6. The maximum atomic E-state index is 13.7. The minimum Gasteiger partial charge on any atom is -0.465 e. The van der Waals surface area contributed by atoms with Crippen molar-refractivity contribution in [2.45, 2.75) is 0 Å². The Kier molecular flexibility index (Phi) is 4.57. The van der Waals surface area contributed by atoms with Crippen LogP contribution in [0.4, 0.5) is 10.1 Å². The molecule has 102 valence electrons. The summed E-state index contributed by atoms with van der Waals surface area (Å²) in [6.45, 7) is 0. The van der Waals surface area contributed by atoms with Crippen molar-refractivity contribution in [2.75, 3.05) is 21.2 Å². The molecule has 0 saturated heterocycles. The minimum absolute atomic E-state index is 0.0730. The summed E-state index contributed by atoms with van der Waals surface area (Å²) in [4.78, 5) is 23.2. The van der Waals surface area contributed by atoms with Gasteiger partial charge in [0.25, 0.3) is 5.69 Å². The van der Waals surface area contributed by atoms with E-state index < -0.39 is 22.3 Å². The van der Waals surface area contributed by atoms with Crippen LogP contribution in [0.25, 0.3) is 6.08 Å². The van der Waals surface area contributed by atoms with Crippen molar-refractivity contribution >= 4 is 17.7 Å². The van der Waals surface area contributed by atoms with Gasteiger partial charge in [-0.1, -0.05) is 0 Å². The van der Waals surface area contributed by atoms with E-state index in [0.717, 1.165) is 19.2 Å². The molecule has 0 aromatic heterocycles. The number of methoxy groups -OCH3 is 1. The summed E-state index contributed by atoms with van der Waals surface area (Å²) in [7, 11) is 4.52. The molecule has 0 aliphatic heterocycles. The highest BCUT2D eigenvalue weighted by Crippen LogP contribution is 2.25. The molecule has 0 fully saturated rings. The van der Waals surface area contributed by atoms with Gasteiger partial charge in [0.05, 0.1) is 17.6 Å². The van der Waals surface area contributed by atoms with Crippen LogP contribution in [0, 0.1) is 15.9 Å². The third kappa shape index (κ3) is 3.51. The van der Waals surface area contributed by atoms with Crippen LogP contribution < -0.4 is 0 Å². The first-order valence-electron chi connectivity index (χ1n) is 5.27. The summed E-state index contributed by atoms with van der Waals surface area (Å²) in [5, 5.41) is 10.9. The van der Waals surface area contributed by atoms with E-state index in [1.54, 1.807) is 25.2 Å². The normalized spacial score (nSPS) is 10.5. The Morgan fingerprint density at radius 1 is 1.47 bits per heavy atom. The lowest BCUT2D eigenvalue weighted by Crippen LogP contribution is -2.07. The lowest BCUT2D eigenvalue weighted by Gasteiger charge is -2.06. The second-order valence-corrected chi connectivity index (χ2v) is 3.92. The average molecular weight is 268 g/mol. The molecular formula is C12H13FN2O4. The van der Waals surface area contributed by atoms with Gasteiger partial charge in [-0.25, -0.2) is 9.18 Å². The summed E-state index contributed by atoms with van der Waals surface area (Å²) in [5.41, 5.74) is -0.750. The van der Waals surface area contributed by atoms with Crippen molar-refractivity contribution in [1.82, 2.24) is 4.90 Å². The molecule has 0 N–H and O–H groups in total. The molecule has 0 bridgehead atoms. The molecule has 0 aliphatic rings. The van der Waals surface area contributed by atoms with Crippen LogP contribution in [-0.2, 0) is 4.74 Å². The van der Waals surface area contributed by atoms with E-state index >= 15 is 0 Å². The molecule has 19 heavy (non-hydrogen) atoms. The fourth-order valence-corrected chi connectivity index (χ4v) is 1.36. The molecule has 0 amide bonds. The first-order valence-corrected chi connectivity index (χ1v) is 5.27. The maximum Gasteiger partial charge on any atom is 0.341 e. The van der Waals surface area contributed by atoms with Gasteiger partial charge < -0.3 is 9.64 Å². The topological polar surface area (TPSA) is 72.7 Å². The summed E-state index contributed by atoms with van der Waals surface area (Å²) < 4.78 is 18.0. The van der Waals surface area contributed by atoms with E-state index in [0.29, 0.717) is 0 Å². The monoisotopic (exact) mass is 268 g/mol. The van der Waals surface area contributed by atoms with Crippen LogP contribution >= 0.6 is 0 Å². The lowest BCUT2D eigenvalue weighted by atomic mass is 10.1. The molecule has 0 heterocycles. The van der Waals surface area contributed by atoms with E-state index in [9.17, 15) is 19.3 Å². The van der Waals surface area contributed by atoms with Crippen LogP contribution in [0.5, 0.6) is 0 Å². The van der Waals surface area contributed by atoms with Gasteiger partial charge in [-0.15, -0.1) is 0 Å². The number of halogens is 1. The quantitative estimate of drug-likeness (QED) is 0.474. The van der Waals surface area contributed by atoms with E-state index in [1.807, 2.05) is 0 Å². The fraction of sp³-hybridized carbons (Fsp3) is 0.250. The maximum absolute atomic E-state index is 13.7. The van der Waals surface area contributed by atoms with Gasteiger partial charge in [0.2, 0.25) is 0 Å². The Morgan fingerprint density at radius 3 is 2.58 bits per heavy atom. The number of carbonyl (C=O) groups excluding carboxylic acids is 1. The largest absolute Gasteiger partial charge is 0.465 e. The molecular weight excluding hydrogens is 255 g/mol. The average Bonchev–Trinajstić information content (AvgIpc) is 2.34. The van der Waals surface area contributed by atoms with E-state index in [-0.39, 0.29) is 11.3 Å². The van der Waals surface area contributed by atoms with E-state index in [4.69, 9.17) is 0 Å². The summed E-state index contributed by atoms with van der Waals surface area (Å²) in [6, 6.07) is 1.81. The molecule has 0 unspecified atom stereocenters. The molecule has 1 rings (SSSR count). The first-order chi connectivity index (χ1) is 8.86. The number of hydrogen-bond donors (Lipinski definition) is 0. The van der Waals surface area contributed by atoms with Gasteiger partial charge >= 0.3 is 5.97 Å². The highest BCUT2D eigenvalue weighted by atomic mass is 19.1. The predicted molar refractivity (Wildman–Crippen MR) is 67.1 cm³/mol.